The molecule has 2 amide bonds. The highest BCUT2D eigenvalue weighted by atomic mass is 35.5. The van der Waals surface area contributed by atoms with E-state index in [-0.39, 0.29) is 24.6 Å². The van der Waals surface area contributed by atoms with Crippen LogP contribution in [0.15, 0.2) is 78.9 Å². The van der Waals surface area contributed by atoms with Crippen LogP contribution < -0.4 is 9.62 Å². The molecule has 0 bridgehead atoms. The molecule has 0 aromatic heterocycles. The molecule has 0 fully saturated rings. The second kappa shape index (κ2) is 13.5. The highest BCUT2D eigenvalue weighted by molar-refractivity contribution is 7.90. The Balaban J connectivity index is 2.08. The normalized spacial score (nSPS) is 12.2. The Bertz CT molecular complexity index is 1370. The van der Waals surface area contributed by atoms with Gasteiger partial charge in [0.15, 0.2) is 0 Å². The van der Waals surface area contributed by atoms with E-state index in [1.165, 1.54) is 31.1 Å². The second-order valence-electron chi connectivity index (χ2n) is 8.99. The maximum absolute atomic E-state index is 14.0. The standard InChI is InChI=1S/C28H32ClFN4O4S/c1-4-31-28(36)26(18-21-10-6-5-7-11-21)33(19-22-12-8-9-13-25(22)29)27(35)20-34(39(37,38)32(2)3)24-16-14-23(30)15-17-24/h5-17,26H,4,18-20H2,1-3H3,(H,31,36)/t26-/m1/s1. The lowest BCUT2D eigenvalue weighted by atomic mass is 10.0. The van der Waals surface area contributed by atoms with Crippen LogP contribution in [0.2, 0.25) is 5.02 Å². The van der Waals surface area contributed by atoms with Gasteiger partial charge in [-0.2, -0.15) is 12.7 Å². The molecular weight excluding hydrogens is 543 g/mol. The molecule has 0 spiro atoms. The van der Waals surface area contributed by atoms with E-state index in [4.69, 9.17) is 11.6 Å². The van der Waals surface area contributed by atoms with E-state index in [1.807, 2.05) is 30.3 Å². The summed E-state index contributed by atoms with van der Waals surface area (Å²) in [5.74, 6) is -1.56. The minimum atomic E-state index is -4.16. The van der Waals surface area contributed by atoms with Crippen molar-refractivity contribution in [3.05, 3.63) is 101 Å². The van der Waals surface area contributed by atoms with Crippen LogP contribution in [-0.2, 0) is 32.8 Å². The largest absolute Gasteiger partial charge is 0.355 e. The highest BCUT2D eigenvalue weighted by Crippen LogP contribution is 2.24. The van der Waals surface area contributed by atoms with Crippen molar-refractivity contribution in [2.45, 2.75) is 25.9 Å². The second-order valence-corrected chi connectivity index (χ2v) is 11.5. The maximum atomic E-state index is 14.0. The van der Waals surface area contributed by atoms with E-state index < -0.39 is 34.5 Å². The molecular formula is C28H32ClFN4O4S. The van der Waals surface area contributed by atoms with Crippen molar-refractivity contribution in [1.82, 2.24) is 14.5 Å². The number of nitrogens with zero attached hydrogens (tertiary/aromatic N) is 3. The first-order valence-electron chi connectivity index (χ1n) is 12.3. The van der Waals surface area contributed by atoms with E-state index >= 15 is 0 Å². The molecule has 3 aromatic rings. The number of amides is 2. The van der Waals surface area contributed by atoms with Crippen LogP contribution in [0, 0.1) is 5.82 Å². The van der Waals surface area contributed by atoms with Crippen LogP contribution in [0.3, 0.4) is 0 Å². The molecule has 3 rings (SSSR count). The van der Waals surface area contributed by atoms with E-state index in [1.54, 1.807) is 31.2 Å². The van der Waals surface area contributed by atoms with Gasteiger partial charge in [-0.1, -0.05) is 60.1 Å². The van der Waals surface area contributed by atoms with E-state index in [2.05, 4.69) is 5.32 Å². The van der Waals surface area contributed by atoms with Gasteiger partial charge in [0.05, 0.1) is 5.69 Å². The third-order valence-electron chi connectivity index (χ3n) is 6.05. The summed E-state index contributed by atoms with van der Waals surface area (Å²) in [4.78, 5) is 28.7. The SMILES string of the molecule is CCNC(=O)[C@@H](Cc1ccccc1)N(Cc1ccccc1Cl)C(=O)CN(c1ccc(F)cc1)S(=O)(=O)N(C)C. The zero-order valence-electron chi connectivity index (χ0n) is 22.1. The quantitative estimate of drug-likeness (QED) is 0.356. The first-order chi connectivity index (χ1) is 18.5. The van der Waals surface area contributed by atoms with Gasteiger partial charge < -0.3 is 10.2 Å². The molecule has 1 atom stereocenters. The van der Waals surface area contributed by atoms with Crippen LogP contribution in [-0.4, -0.2) is 62.7 Å². The molecule has 0 saturated carbocycles. The summed E-state index contributed by atoms with van der Waals surface area (Å²) in [7, 11) is -1.48. The Morgan fingerprint density at radius 1 is 0.949 bits per heavy atom. The number of benzene rings is 3. The first-order valence-corrected chi connectivity index (χ1v) is 14.1. The lowest BCUT2D eigenvalue weighted by Gasteiger charge is -2.34. The number of likely N-dealkylation sites (N-methyl/N-ethyl adjacent to an activating group) is 1. The van der Waals surface area contributed by atoms with Gasteiger partial charge in [0.1, 0.15) is 18.4 Å². The van der Waals surface area contributed by atoms with Crippen molar-refractivity contribution in [2.24, 2.45) is 0 Å². The summed E-state index contributed by atoms with van der Waals surface area (Å²) < 4.78 is 42.0. The number of hydrogen-bond donors (Lipinski definition) is 1. The smallest absolute Gasteiger partial charge is 0.304 e. The summed E-state index contributed by atoms with van der Waals surface area (Å²) >= 11 is 6.42. The molecule has 0 heterocycles. The van der Waals surface area contributed by atoms with Gasteiger partial charge in [-0.05, 0) is 48.4 Å². The zero-order valence-corrected chi connectivity index (χ0v) is 23.6. The van der Waals surface area contributed by atoms with Crippen LogP contribution in [0.5, 0.6) is 0 Å². The molecule has 0 unspecified atom stereocenters. The van der Waals surface area contributed by atoms with Crippen molar-refractivity contribution in [3.8, 4) is 0 Å². The van der Waals surface area contributed by atoms with Gasteiger partial charge in [-0.3, -0.25) is 9.59 Å². The molecule has 0 aliphatic carbocycles. The predicted molar refractivity (Wildman–Crippen MR) is 151 cm³/mol. The molecule has 208 valence electrons. The van der Waals surface area contributed by atoms with Crippen molar-refractivity contribution in [2.75, 3.05) is 31.5 Å². The van der Waals surface area contributed by atoms with Gasteiger partial charge in [-0.15, -0.1) is 0 Å². The summed E-state index contributed by atoms with van der Waals surface area (Å²) in [6.45, 7) is 1.46. The number of nitrogens with one attached hydrogen (secondary N) is 1. The summed E-state index contributed by atoms with van der Waals surface area (Å²) in [6, 6.07) is 20.0. The van der Waals surface area contributed by atoms with Crippen molar-refractivity contribution in [1.29, 1.82) is 0 Å². The molecule has 39 heavy (non-hydrogen) atoms. The van der Waals surface area contributed by atoms with Gasteiger partial charge >= 0.3 is 10.2 Å². The first kappa shape index (κ1) is 30.1. The minimum absolute atomic E-state index is 0.0353. The van der Waals surface area contributed by atoms with Crippen LogP contribution in [0.1, 0.15) is 18.1 Å². The summed E-state index contributed by atoms with van der Waals surface area (Å²) in [5, 5.41) is 3.20. The monoisotopic (exact) mass is 574 g/mol. The van der Waals surface area contributed by atoms with E-state index in [9.17, 15) is 22.4 Å². The Morgan fingerprint density at radius 2 is 1.56 bits per heavy atom. The number of rotatable bonds is 12. The number of anilines is 1. The predicted octanol–water partition coefficient (Wildman–Crippen LogP) is 3.87. The molecule has 11 heteroatoms. The Hall–Kier alpha value is -3.47. The molecule has 0 radical (unpaired) electrons. The number of hydrogen-bond acceptors (Lipinski definition) is 4. The molecule has 8 nitrogen and oxygen atoms in total. The maximum Gasteiger partial charge on any atom is 0.304 e. The lowest BCUT2D eigenvalue weighted by molar-refractivity contribution is -0.140. The van der Waals surface area contributed by atoms with Gasteiger partial charge in [0.25, 0.3) is 0 Å². The summed E-state index contributed by atoms with van der Waals surface area (Å²) in [5.41, 5.74) is 1.52. The number of halogens is 2. The molecule has 0 aliphatic rings. The van der Waals surface area contributed by atoms with Gasteiger partial charge in [-0.25, -0.2) is 8.70 Å². The van der Waals surface area contributed by atoms with Crippen molar-refractivity contribution in [3.63, 3.8) is 0 Å². The third-order valence-corrected chi connectivity index (χ3v) is 8.24. The van der Waals surface area contributed by atoms with Crippen LogP contribution in [0.25, 0.3) is 0 Å². The number of carbonyl (C=O) groups excluding carboxylic acids is 2. The Labute approximate surface area is 234 Å². The average Bonchev–Trinajstić information content (AvgIpc) is 2.91. The molecule has 0 saturated heterocycles. The zero-order chi connectivity index (χ0) is 28.6. The number of carbonyl (C=O) groups is 2. The van der Waals surface area contributed by atoms with Crippen molar-refractivity contribution < 1.29 is 22.4 Å². The third kappa shape index (κ3) is 7.78. The average molecular weight is 575 g/mol. The Kier molecular flexibility index (Phi) is 10.4. The van der Waals surface area contributed by atoms with Gasteiger partial charge in [0, 0.05) is 38.6 Å². The fraction of sp³-hybridized carbons (Fsp3) is 0.286. The minimum Gasteiger partial charge on any atom is -0.355 e. The molecule has 3 aromatic carbocycles. The molecule has 0 aliphatic heterocycles. The van der Waals surface area contributed by atoms with E-state index in [0.29, 0.717) is 17.1 Å². The van der Waals surface area contributed by atoms with Crippen LogP contribution >= 0.6 is 11.6 Å². The van der Waals surface area contributed by atoms with Gasteiger partial charge in [0.2, 0.25) is 11.8 Å². The topological polar surface area (TPSA) is 90.0 Å². The van der Waals surface area contributed by atoms with Crippen molar-refractivity contribution >= 4 is 39.3 Å². The van der Waals surface area contributed by atoms with E-state index in [0.717, 1.165) is 26.3 Å². The van der Waals surface area contributed by atoms with Crippen LogP contribution in [0.4, 0.5) is 10.1 Å². The Morgan fingerprint density at radius 3 is 2.15 bits per heavy atom. The highest BCUT2D eigenvalue weighted by Gasteiger charge is 2.34. The summed E-state index contributed by atoms with van der Waals surface area (Å²) in [6.07, 6.45) is 0.194. The fourth-order valence-corrected chi connectivity index (χ4v) is 5.23. The fourth-order valence-electron chi connectivity index (χ4n) is 3.98. The molecule has 1 N–H and O–H groups in total. The lowest BCUT2D eigenvalue weighted by Crippen LogP contribution is -2.54.